The van der Waals surface area contributed by atoms with Crippen LogP contribution in [0.2, 0.25) is 25.7 Å². The Morgan fingerprint density at radius 3 is 2.63 bits per heavy atom. The normalized spacial score (nSPS) is 14.2. The minimum atomic E-state index is -1.19. The number of likely N-dealkylation sites (tertiary alicyclic amines) is 1. The molecule has 0 atom stereocenters. The summed E-state index contributed by atoms with van der Waals surface area (Å²) in [5.74, 6) is 2.17. The topological polar surface area (TPSA) is 144 Å². The van der Waals surface area contributed by atoms with Crippen LogP contribution in [0.1, 0.15) is 24.2 Å². The van der Waals surface area contributed by atoms with Crippen LogP contribution in [0.25, 0.3) is 33.3 Å². The van der Waals surface area contributed by atoms with E-state index in [4.69, 9.17) is 14.5 Å². The monoisotopic (exact) mass is 638 g/mol. The van der Waals surface area contributed by atoms with Gasteiger partial charge in [-0.2, -0.15) is 10.4 Å². The second-order valence-corrected chi connectivity index (χ2v) is 18.6. The summed E-state index contributed by atoms with van der Waals surface area (Å²) in [6, 6.07) is 12.6. The third-order valence-corrected chi connectivity index (χ3v) is 10.1. The summed E-state index contributed by atoms with van der Waals surface area (Å²) < 4.78 is 16.2. The van der Waals surface area contributed by atoms with Gasteiger partial charge in [0.05, 0.1) is 34.6 Å². The zero-order valence-corrected chi connectivity index (χ0v) is 27.6. The highest BCUT2D eigenvalue weighted by Gasteiger charge is 2.23. The number of piperidine rings is 1. The van der Waals surface area contributed by atoms with Crippen LogP contribution >= 0.6 is 0 Å². The van der Waals surface area contributed by atoms with E-state index < -0.39 is 14.2 Å². The van der Waals surface area contributed by atoms with Crippen LogP contribution in [-0.4, -0.2) is 73.2 Å². The van der Waals surface area contributed by atoms with Crippen LogP contribution in [0.4, 0.5) is 4.79 Å². The number of ether oxygens (including phenoxy) is 2. The van der Waals surface area contributed by atoms with Crippen molar-refractivity contribution in [1.29, 1.82) is 5.26 Å². The van der Waals surface area contributed by atoms with Gasteiger partial charge >= 0.3 is 6.09 Å². The third-order valence-electron chi connectivity index (χ3n) is 8.40. The van der Waals surface area contributed by atoms with E-state index in [9.17, 15) is 15.2 Å². The molecule has 46 heavy (non-hydrogen) atoms. The maximum absolute atomic E-state index is 11.2. The quantitative estimate of drug-likeness (QED) is 0.134. The highest BCUT2D eigenvalue weighted by Crippen LogP contribution is 2.32. The van der Waals surface area contributed by atoms with Crippen LogP contribution < -0.4 is 4.74 Å². The molecule has 13 heteroatoms. The van der Waals surface area contributed by atoms with E-state index in [0.29, 0.717) is 72.7 Å². The fourth-order valence-corrected chi connectivity index (χ4v) is 6.43. The highest BCUT2D eigenvalue weighted by atomic mass is 28.3. The van der Waals surface area contributed by atoms with Crippen molar-refractivity contribution in [3.8, 4) is 28.8 Å². The molecule has 1 amide bonds. The fraction of sp³-hybridized carbons (Fsp3) is 0.394. The molecule has 1 fully saturated rings. The van der Waals surface area contributed by atoms with Gasteiger partial charge in [0.1, 0.15) is 41.2 Å². The van der Waals surface area contributed by atoms with E-state index in [2.05, 4.69) is 40.8 Å². The summed E-state index contributed by atoms with van der Waals surface area (Å²) in [4.78, 5) is 26.8. The summed E-state index contributed by atoms with van der Waals surface area (Å²) >= 11 is 0. The molecule has 0 bridgehead atoms. The molecule has 0 saturated carbocycles. The Morgan fingerprint density at radius 2 is 1.89 bits per heavy atom. The van der Waals surface area contributed by atoms with Gasteiger partial charge in [-0.1, -0.05) is 19.6 Å². The first-order valence-corrected chi connectivity index (χ1v) is 19.2. The Bertz CT molecular complexity index is 1930. The van der Waals surface area contributed by atoms with Crippen molar-refractivity contribution in [1.82, 2.24) is 34.2 Å². The molecule has 1 saturated heterocycles. The summed E-state index contributed by atoms with van der Waals surface area (Å²) in [6.45, 7) is 11.9. The van der Waals surface area contributed by atoms with Crippen LogP contribution in [0, 0.1) is 24.2 Å². The maximum Gasteiger partial charge on any atom is 0.407 e. The molecular weight excluding hydrogens is 601 g/mol. The van der Waals surface area contributed by atoms with Gasteiger partial charge in [-0.3, -0.25) is 9.67 Å². The number of nitriles is 1. The Morgan fingerprint density at radius 1 is 1.11 bits per heavy atom. The molecule has 1 aliphatic heterocycles. The highest BCUT2D eigenvalue weighted by molar-refractivity contribution is 6.76. The molecule has 2 aromatic carbocycles. The fourth-order valence-electron chi connectivity index (χ4n) is 5.67. The number of aromatic nitrogens is 6. The first-order valence-electron chi connectivity index (χ1n) is 15.5. The van der Waals surface area contributed by atoms with Gasteiger partial charge in [0.25, 0.3) is 0 Å². The van der Waals surface area contributed by atoms with Crippen molar-refractivity contribution in [2.24, 2.45) is 5.92 Å². The largest absolute Gasteiger partial charge is 0.465 e. The molecule has 0 aliphatic carbocycles. The molecule has 4 heterocycles. The minimum Gasteiger partial charge on any atom is -0.465 e. The standard InChI is InChI=1S/C33H38N8O4Si/c1-22-37-27-6-5-25(15-30(27)41(22)21-44-13-14-46(2,3)4)45-31-8-7-28-32(26(31)16-34)38-29(18-35-28)24-17-36-40(20-24)19-23-9-11-39(12-10-23)33(42)43/h5-8,15,17-18,20,23H,9-14,19,21H2,1-4H3,(H,42,43). The second kappa shape index (κ2) is 12.9. The number of aryl methyl sites for hydroxylation is 1. The zero-order chi connectivity index (χ0) is 32.4. The van der Waals surface area contributed by atoms with E-state index in [1.165, 1.54) is 4.90 Å². The van der Waals surface area contributed by atoms with Crippen LogP contribution in [-0.2, 0) is 18.0 Å². The lowest BCUT2D eigenvalue weighted by atomic mass is 9.97. The Kier molecular flexibility index (Phi) is 8.75. The smallest absolute Gasteiger partial charge is 0.407 e. The zero-order valence-electron chi connectivity index (χ0n) is 26.6. The van der Waals surface area contributed by atoms with Gasteiger partial charge in [-0.05, 0) is 56.0 Å². The lowest BCUT2D eigenvalue weighted by Crippen LogP contribution is -2.38. The number of carbonyl (C=O) groups is 1. The number of hydrogen-bond acceptors (Lipinski definition) is 8. The summed E-state index contributed by atoms with van der Waals surface area (Å²) in [6.07, 6.45) is 6.07. The Hall–Kier alpha value is -4.80. The van der Waals surface area contributed by atoms with E-state index in [-0.39, 0.29) is 0 Å². The van der Waals surface area contributed by atoms with Gasteiger partial charge < -0.3 is 24.0 Å². The van der Waals surface area contributed by atoms with Gasteiger partial charge in [0.15, 0.2) is 0 Å². The number of benzene rings is 2. The number of carboxylic acid groups (broad SMARTS) is 1. The first kappa shape index (κ1) is 31.2. The summed E-state index contributed by atoms with van der Waals surface area (Å²) in [5, 5.41) is 23.9. The molecule has 0 unspecified atom stereocenters. The third kappa shape index (κ3) is 6.88. The average Bonchev–Trinajstić information content (AvgIpc) is 3.62. The number of nitrogens with zero attached hydrogens (tertiary/aromatic N) is 8. The molecule has 5 aromatic rings. The van der Waals surface area contributed by atoms with E-state index in [1.54, 1.807) is 24.5 Å². The molecule has 1 aliphatic rings. The van der Waals surface area contributed by atoms with Crippen molar-refractivity contribution >= 4 is 36.2 Å². The van der Waals surface area contributed by atoms with Crippen LogP contribution in [0.5, 0.6) is 11.5 Å². The Labute approximate surface area is 268 Å². The second-order valence-electron chi connectivity index (χ2n) is 13.0. The summed E-state index contributed by atoms with van der Waals surface area (Å²) in [5.41, 5.74) is 4.46. The minimum absolute atomic E-state index is 0.295. The van der Waals surface area contributed by atoms with Crippen molar-refractivity contribution < 1.29 is 19.4 Å². The molecule has 6 rings (SSSR count). The lowest BCUT2D eigenvalue weighted by Gasteiger charge is -2.29. The molecular formula is C33H38N8O4Si. The Balaban J connectivity index is 1.21. The molecule has 12 nitrogen and oxygen atoms in total. The maximum atomic E-state index is 11.2. The van der Waals surface area contributed by atoms with E-state index >= 15 is 0 Å². The first-order chi connectivity index (χ1) is 22.1. The number of amides is 1. The van der Waals surface area contributed by atoms with Crippen molar-refractivity contribution in [2.75, 3.05) is 19.7 Å². The van der Waals surface area contributed by atoms with Crippen molar-refractivity contribution in [2.45, 2.75) is 58.7 Å². The van der Waals surface area contributed by atoms with Crippen molar-refractivity contribution in [3.05, 3.63) is 60.3 Å². The van der Waals surface area contributed by atoms with Gasteiger partial charge in [0, 0.05) is 52.1 Å². The van der Waals surface area contributed by atoms with Crippen LogP contribution in [0.3, 0.4) is 0 Å². The number of rotatable bonds is 10. The predicted octanol–water partition coefficient (Wildman–Crippen LogP) is 6.52. The number of hydrogen-bond donors (Lipinski definition) is 1. The molecule has 0 spiro atoms. The van der Waals surface area contributed by atoms with Gasteiger partial charge in [-0.25, -0.2) is 14.8 Å². The van der Waals surface area contributed by atoms with Crippen molar-refractivity contribution in [3.63, 3.8) is 0 Å². The van der Waals surface area contributed by atoms with Gasteiger partial charge in [-0.15, -0.1) is 0 Å². The molecule has 0 radical (unpaired) electrons. The SMILES string of the molecule is Cc1nc2ccc(Oc3ccc4ncc(-c5cnn(CC6CCN(C(=O)O)CC6)c5)nc4c3C#N)cc2n1COCC[Si](C)(C)C. The molecule has 3 aromatic heterocycles. The van der Waals surface area contributed by atoms with Gasteiger partial charge in [0.2, 0.25) is 0 Å². The average molecular weight is 639 g/mol. The predicted molar refractivity (Wildman–Crippen MR) is 176 cm³/mol. The number of fused-ring (bicyclic) bond motifs is 2. The molecule has 238 valence electrons. The molecule has 1 N–H and O–H groups in total. The van der Waals surface area contributed by atoms with Crippen LogP contribution in [0.15, 0.2) is 48.9 Å². The van der Waals surface area contributed by atoms with E-state index in [1.807, 2.05) is 40.6 Å². The lowest BCUT2D eigenvalue weighted by molar-refractivity contribution is 0.0885. The van der Waals surface area contributed by atoms with E-state index in [0.717, 1.165) is 41.3 Å². The summed E-state index contributed by atoms with van der Waals surface area (Å²) in [7, 11) is -1.19. The number of imidazole rings is 1.